The Balaban J connectivity index is 1.41. The van der Waals surface area contributed by atoms with E-state index in [2.05, 4.69) is 15.3 Å². The number of halogens is 4. The summed E-state index contributed by atoms with van der Waals surface area (Å²) in [4.78, 5) is 48.8. The zero-order chi connectivity index (χ0) is 30.6. The second-order valence-corrected chi connectivity index (χ2v) is 11.1. The van der Waals surface area contributed by atoms with E-state index < -0.39 is 40.5 Å². The number of morpholine rings is 1. The molecule has 0 bridgehead atoms. The number of hydrogen-bond acceptors (Lipinski definition) is 8. The van der Waals surface area contributed by atoms with Gasteiger partial charge in [0.1, 0.15) is 39.6 Å². The van der Waals surface area contributed by atoms with E-state index in [0.717, 1.165) is 6.07 Å². The Hall–Kier alpha value is -4.07. The summed E-state index contributed by atoms with van der Waals surface area (Å²) in [6.07, 6.45) is 2.87. The van der Waals surface area contributed by atoms with Crippen LogP contribution in [-0.4, -0.2) is 62.2 Å². The lowest BCUT2D eigenvalue weighted by atomic mass is 10.0. The van der Waals surface area contributed by atoms with Gasteiger partial charge in [0.25, 0.3) is 5.56 Å². The van der Waals surface area contributed by atoms with Crippen LogP contribution in [0.2, 0.25) is 10.0 Å². The van der Waals surface area contributed by atoms with Gasteiger partial charge in [-0.1, -0.05) is 23.2 Å². The lowest BCUT2D eigenvalue weighted by Gasteiger charge is -2.34. The second kappa shape index (κ2) is 11.2. The van der Waals surface area contributed by atoms with Crippen LogP contribution >= 0.6 is 23.2 Å². The number of fused-ring (bicyclic) bond motifs is 2. The first-order valence-corrected chi connectivity index (χ1v) is 14.1. The lowest BCUT2D eigenvalue weighted by Crippen LogP contribution is -2.44. The normalized spacial score (nSPS) is 16.5. The molecular formula is C28H24Cl2F2N6O5. The molecule has 1 fully saturated rings. The largest absolute Gasteiger partial charge is 0.506 e. The van der Waals surface area contributed by atoms with Crippen LogP contribution in [0.25, 0.3) is 22.2 Å². The summed E-state index contributed by atoms with van der Waals surface area (Å²) in [6, 6.07) is 2.46. The number of carbonyl (C=O) groups excluding carboxylic acids is 2. The first-order chi connectivity index (χ1) is 20.6. The maximum absolute atomic E-state index is 15.4. The minimum Gasteiger partial charge on any atom is -0.506 e. The Morgan fingerprint density at radius 2 is 2.00 bits per heavy atom. The number of aryl methyl sites for hydroxylation is 1. The molecule has 1 atom stereocenters. The number of aldehydes is 1. The van der Waals surface area contributed by atoms with Gasteiger partial charge in [-0.3, -0.25) is 19.0 Å². The smallest absolute Gasteiger partial charge is 0.263 e. The fourth-order valence-corrected chi connectivity index (χ4v) is 5.87. The fourth-order valence-electron chi connectivity index (χ4n) is 5.51. The quantitative estimate of drug-likeness (QED) is 0.239. The molecule has 1 aromatic carbocycles. The monoisotopic (exact) mass is 632 g/mol. The number of phenolic OH excluding ortho intramolecular Hbond substituents is 1. The summed E-state index contributed by atoms with van der Waals surface area (Å²) >= 11 is 12.1. The van der Waals surface area contributed by atoms with Gasteiger partial charge in [0.2, 0.25) is 11.9 Å². The number of ether oxygens (including phenoxy) is 1. The molecule has 4 aromatic rings. The Morgan fingerprint density at radius 1 is 1.21 bits per heavy atom. The predicted molar refractivity (Wildman–Crippen MR) is 155 cm³/mol. The van der Waals surface area contributed by atoms with Crippen LogP contribution in [0.5, 0.6) is 5.75 Å². The van der Waals surface area contributed by atoms with Crippen molar-refractivity contribution in [1.29, 1.82) is 0 Å². The molecule has 2 aliphatic rings. The summed E-state index contributed by atoms with van der Waals surface area (Å²) in [5.74, 6) is -2.61. The van der Waals surface area contributed by atoms with E-state index in [1.54, 1.807) is 0 Å². The molecule has 15 heteroatoms. The van der Waals surface area contributed by atoms with Gasteiger partial charge in [-0.2, -0.15) is 4.39 Å². The molecule has 0 radical (unpaired) electrons. The predicted octanol–water partition coefficient (Wildman–Crippen LogP) is 4.17. The molecule has 11 nitrogen and oxygen atoms in total. The number of phenols is 1. The van der Waals surface area contributed by atoms with Crippen molar-refractivity contribution in [2.24, 2.45) is 0 Å². The molecule has 224 valence electrons. The van der Waals surface area contributed by atoms with E-state index >= 15 is 4.39 Å². The van der Waals surface area contributed by atoms with Crippen molar-refractivity contribution in [1.82, 2.24) is 19.1 Å². The van der Waals surface area contributed by atoms with E-state index in [1.807, 2.05) is 11.8 Å². The van der Waals surface area contributed by atoms with Gasteiger partial charge in [-0.15, -0.1) is 0 Å². The van der Waals surface area contributed by atoms with Crippen LogP contribution in [0.1, 0.15) is 29.5 Å². The molecule has 2 aliphatic heterocycles. The van der Waals surface area contributed by atoms with Gasteiger partial charge < -0.3 is 24.6 Å². The zero-order valence-corrected chi connectivity index (χ0v) is 24.2. The number of carbonyl (C=O) groups is 2. The van der Waals surface area contributed by atoms with E-state index in [4.69, 9.17) is 27.9 Å². The van der Waals surface area contributed by atoms with Gasteiger partial charge in [0, 0.05) is 42.9 Å². The van der Waals surface area contributed by atoms with Crippen LogP contribution in [-0.2, 0) is 29.0 Å². The molecule has 5 heterocycles. The summed E-state index contributed by atoms with van der Waals surface area (Å²) in [5, 5.41) is 11.6. The minimum atomic E-state index is -1.05. The van der Waals surface area contributed by atoms with Crippen molar-refractivity contribution in [3.63, 3.8) is 0 Å². The van der Waals surface area contributed by atoms with E-state index in [1.165, 1.54) is 21.4 Å². The summed E-state index contributed by atoms with van der Waals surface area (Å²) in [5.41, 5.74) is -0.836. The van der Waals surface area contributed by atoms with Crippen molar-refractivity contribution in [3.05, 3.63) is 61.9 Å². The minimum absolute atomic E-state index is 0.00698. The molecule has 2 N–H and O–H groups in total. The molecule has 1 saturated heterocycles. The van der Waals surface area contributed by atoms with Gasteiger partial charge in [-0.05, 0) is 19.4 Å². The zero-order valence-electron chi connectivity index (χ0n) is 22.7. The number of pyridine rings is 1. The van der Waals surface area contributed by atoms with Crippen LogP contribution in [0.3, 0.4) is 0 Å². The van der Waals surface area contributed by atoms with Crippen molar-refractivity contribution >= 4 is 57.9 Å². The molecule has 0 saturated carbocycles. The molecule has 0 aliphatic carbocycles. The van der Waals surface area contributed by atoms with Crippen molar-refractivity contribution < 1.29 is 28.2 Å². The Bertz CT molecular complexity index is 1880. The van der Waals surface area contributed by atoms with Crippen LogP contribution in [0.15, 0.2) is 23.1 Å². The average molecular weight is 633 g/mol. The summed E-state index contributed by atoms with van der Waals surface area (Å²) in [7, 11) is 0. The number of nitrogens with zero attached hydrogens (tertiary/aromatic N) is 5. The number of aromatic hydroxyl groups is 1. The van der Waals surface area contributed by atoms with E-state index in [0.29, 0.717) is 51.3 Å². The highest BCUT2D eigenvalue weighted by Gasteiger charge is 2.27. The average Bonchev–Trinajstić information content (AvgIpc) is 3.60. The Labute approximate surface area is 252 Å². The number of nitrogens with one attached hydrogen (secondary N) is 1. The third-order valence-corrected chi connectivity index (χ3v) is 8.32. The summed E-state index contributed by atoms with van der Waals surface area (Å²) < 4.78 is 38.4. The highest BCUT2D eigenvalue weighted by atomic mass is 35.5. The van der Waals surface area contributed by atoms with Crippen LogP contribution in [0.4, 0.5) is 20.3 Å². The molecule has 0 unspecified atom stereocenters. The number of hydrogen-bond donors (Lipinski definition) is 2. The first kappa shape index (κ1) is 29.0. The molecular weight excluding hydrogens is 609 g/mol. The first-order valence-electron chi connectivity index (χ1n) is 13.4. The van der Waals surface area contributed by atoms with E-state index in [-0.39, 0.29) is 50.3 Å². The number of aromatic nitrogens is 4. The highest BCUT2D eigenvalue weighted by molar-refractivity contribution is 6.34. The van der Waals surface area contributed by atoms with Gasteiger partial charge in [-0.25, -0.2) is 14.4 Å². The maximum Gasteiger partial charge on any atom is 0.263 e. The molecule has 3 aromatic heterocycles. The van der Waals surface area contributed by atoms with Gasteiger partial charge >= 0.3 is 0 Å². The molecule has 6 rings (SSSR count). The maximum atomic E-state index is 15.4. The van der Waals surface area contributed by atoms with Crippen LogP contribution in [0, 0.1) is 11.8 Å². The number of amides is 1. The van der Waals surface area contributed by atoms with Crippen molar-refractivity contribution in [2.75, 3.05) is 30.0 Å². The number of benzene rings is 1. The third-order valence-electron chi connectivity index (χ3n) is 7.62. The Kier molecular flexibility index (Phi) is 7.57. The highest BCUT2D eigenvalue weighted by Crippen LogP contribution is 2.39. The number of rotatable bonds is 6. The lowest BCUT2D eigenvalue weighted by molar-refractivity contribution is -0.116. The molecule has 0 spiro atoms. The van der Waals surface area contributed by atoms with Crippen LogP contribution < -0.4 is 15.8 Å². The SMILES string of the molecule is C[C@H]1COCCN1c1cc(NC(=O)Cn2cc(-c3cc(C=O)c(O)c(Cl)c3F)c3c(=O)n4c(nc32)CCC4)c(Cl)c(F)n1. The number of anilines is 2. The standard InChI is InChI=1S/C28H24Cl2F2N6O5/c1-13-12-43-6-5-37(13)19-8-17(22(29)26(32)34-19)33-20(40)10-36-9-16(15-7-14(11-39)25(41)23(30)24(15)31)21-27(36)35-18-3-2-4-38(18)28(21)42/h7-9,11,13,41H,2-6,10,12H2,1H3,(H,33,34,40)/t13-/m0/s1. The molecule has 1 amide bonds. The van der Waals surface area contributed by atoms with Crippen molar-refractivity contribution in [2.45, 2.75) is 38.9 Å². The van der Waals surface area contributed by atoms with Gasteiger partial charge in [0.05, 0.1) is 35.9 Å². The van der Waals surface area contributed by atoms with Crippen molar-refractivity contribution in [3.8, 4) is 16.9 Å². The summed E-state index contributed by atoms with van der Waals surface area (Å²) in [6.45, 7) is 3.22. The second-order valence-electron chi connectivity index (χ2n) is 10.4. The molecule has 43 heavy (non-hydrogen) atoms. The van der Waals surface area contributed by atoms with E-state index in [9.17, 15) is 23.9 Å². The third kappa shape index (κ3) is 5.00. The topological polar surface area (TPSA) is 132 Å². The van der Waals surface area contributed by atoms with Gasteiger partial charge in [0.15, 0.2) is 12.1 Å². The fraction of sp³-hybridized carbons (Fsp3) is 0.321. The Morgan fingerprint density at radius 3 is 2.74 bits per heavy atom.